The van der Waals surface area contributed by atoms with E-state index >= 15 is 0 Å². The summed E-state index contributed by atoms with van der Waals surface area (Å²) in [5.74, 6) is -0.335. The second-order valence-electron chi connectivity index (χ2n) is 6.17. The highest BCUT2D eigenvalue weighted by Gasteiger charge is 2.08. The fraction of sp³-hybridized carbons (Fsp3) is 0.0833. The van der Waals surface area contributed by atoms with E-state index < -0.39 is 5.97 Å². The topological polar surface area (TPSA) is 72.8 Å². The molecular formula is C24H20O5. The molecule has 0 fully saturated rings. The van der Waals surface area contributed by atoms with Crippen LogP contribution in [0.4, 0.5) is 0 Å². The van der Waals surface area contributed by atoms with Crippen molar-refractivity contribution in [3.63, 3.8) is 0 Å². The zero-order valence-electron chi connectivity index (χ0n) is 15.9. The van der Waals surface area contributed by atoms with Crippen molar-refractivity contribution in [3.8, 4) is 22.6 Å². The van der Waals surface area contributed by atoms with E-state index in [1.165, 1.54) is 30.3 Å². The van der Waals surface area contributed by atoms with Crippen LogP contribution in [0.3, 0.4) is 0 Å². The number of ether oxygens (including phenoxy) is 2. The SMILES string of the molecule is CCOC(=O)/C=C/c1ccc(-c2ccc(OC(=O)c3ccc(O)cc3)cc2)cc1. The molecular weight excluding hydrogens is 368 g/mol. The van der Waals surface area contributed by atoms with E-state index in [1.807, 2.05) is 36.4 Å². The molecule has 0 spiro atoms. The van der Waals surface area contributed by atoms with Gasteiger partial charge < -0.3 is 14.6 Å². The second-order valence-corrected chi connectivity index (χ2v) is 6.17. The fourth-order valence-corrected chi connectivity index (χ4v) is 2.62. The smallest absolute Gasteiger partial charge is 0.343 e. The minimum Gasteiger partial charge on any atom is -0.508 e. The molecule has 3 aromatic carbocycles. The molecule has 5 nitrogen and oxygen atoms in total. The van der Waals surface area contributed by atoms with E-state index in [2.05, 4.69) is 0 Å². The van der Waals surface area contributed by atoms with Gasteiger partial charge in [-0.3, -0.25) is 0 Å². The van der Waals surface area contributed by atoms with Crippen molar-refractivity contribution in [2.45, 2.75) is 6.92 Å². The Morgan fingerprint density at radius 1 is 0.862 bits per heavy atom. The first-order chi connectivity index (χ1) is 14.0. The number of rotatable bonds is 6. The molecule has 3 aromatic rings. The lowest BCUT2D eigenvalue weighted by atomic mass is 10.0. The number of carbonyl (C=O) groups is 2. The molecule has 0 heterocycles. The highest BCUT2D eigenvalue weighted by Crippen LogP contribution is 2.24. The Kier molecular flexibility index (Phi) is 6.43. The number of esters is 2. The third-order valence-corrected chi connectivity index (χ3v) is 4.11. The molecule has 29 heavy (non-hydrogen) atoms. The lowest BCUT2D eigenvalue weighted by Gasteiger charge is -2.07. The van der Waals surface area contributed by atoms with Gasteiger partial charge in [0.1, 0.15) is 11.5 Å². The van der Waals surface area contributed by atoms with Gasteiger partial charge in [-0.2, -0.15) is 0 Å². The summed E-state index contributed by atoms with van der Waals surface area (Å²) >= 11 is 0. The normalized spacial score (nSPS) is 10.7. The van der Waals surface area contributed by atoms with Gasteiger partial charge in [-0.1, -0.05) is 36.4 Å². The van der Waals surface area contributed by atoms with Crippen LogP contribution in [0.2, 0.25) is 0 Å². The van der Waals surface area contributed by atoms with Crippen LogP contribution in [0.5, 0.6) is 11.5 Å². The standard InChI is InChI=1S/C24H20O5/c1-2-28-23(26)16-5-17-3-6-18(7-4-17)19-10-14-22(15-11-19)29-24(27)20-8-12-21(25)13-9-20/h3-16,25H,2H2,1H3/b16-5+. The average molecular weight is 388 g/mol. The van der Waals surface area contributed by atoms with Gasteiger partial charge in [0.2, 0.25) is 0 Å². The highest BCUT2D eigenvalue weighted by molar-refractivity contribution is 5.91. The Morgan fingerprint density at radius 2 is 1.45 bits per heavy atom. The van der Waals surface area contributed by atoms with Gasteiger partial charge in [0, 0.05) is 6.08 Å². The van der Waals surface area contributed by atoms with Crippen LogP contribution in [-0.2, 0) is 9.53 Å². The number of hydrogen-bond donors (Lipinski definition) is 1. The molecule has 3 rings (SSSR count). The van der Waals surface area contributed by atoms with Gasteiger partial charge in [0.15, 0.2) is 0 Å². The van der Waals surface area contributed by atoms with E-state index in [1.54, 1.807) is 25.1 Å². The predicted octanol–water partition coefficient (Wildman–Crippen LogP) is 4.85. The molecule has 0 unspecified atom stereocenters. The first-order valence-electron chi connectivity index (χ1n) is 9.11. The van der Waals surface area contributed by atoms with Gasteiger partial charge in [-0.05, 0) is 66.1 Å². The first-order valence-corrected chi connectivity index (χ1v) is 9.11. The fourth-order valence-electron chi connectivity index (χ4n) is 2.62. The molecule has 0 radical (unpaired) electrons. The van der Waals surface area contributed by atoms with Crippen LogP contribution < -0.4 is 4.74 Å². The molecule has 0 aliphatic rings. The lowest BCUT2D eigenvalue weighted by Crippen LogP contribution is -2.07. The second kappa shape index (κ2) is 9.37. The molecule has 1 N–H and O–H groups in total. The summed E-state index contributed by atoms with van der Waals surface area (Å²) in [5, 5.41) is 9.28. The number of benzene rings is 3. The Balaban J connectivity index is 1.64. The van der Waals surface area contributed by atoms with E-state index in [0.717, 1.165) is 16.7 Å². The molecule has 0 amide bonds. The third kappa shape index (κ3) is 5.56. The van der Waals surface area contributed by atoms with Gasteiger partial charge >= 0.3 is 11.9 Å². The largest absolute Gasteiger partial charge is 0.508 e. The summed E-state index contributed by atoms with van der Waals surface area (Å²) in [7, 11) is 0. The number of phenols is 1. The molecule has 0 atom stereocenters. The molecule has 146 valence electrons. The summed E-state index contributed by atoms with van der Waals surface area (Å²) in [6.07, 6.45) is 3.10. The van der Waals surface area contributed by atoms with Crippen molar-refractivity contribution in [2.24, 2.45) is 0 Å². The summed E-state index contributed by atoms with van der Waals surface area (Å²) in [4.78, 5) is 23.5. The monoisotopic (exact) mass is 388 g/mol. The van der Waals surface area contributed by atoms with Gasteiger partial charge in [0.25, 0.3) is 0 Å². The van der Waals surface area contributed by atoms with Crippen molar-refractivity contribution < 1.29 is 24.2 Å². The third-order valence-electron chi connectivity index (χ3n) is 4.11. The average Bonchev–Trinajstić information content (AvgIpc) is 2.74. The maximum absolute atomic E-state index is 12.1. The Labute approximate surface area is 168 Å². The Morgan fingerprint density at radius 3 is 2.03 bits per heavy atom. The minimum absolute atomic E-state index is 0.0910. The van der Waals surface area contributed by atoms with Crippen LogP contribution in [0.25, 0.3) is 17.2 Å². The molecule has 0 aromatic heterocycles. The van der Waals surface area contributed by atoms with Crippen molar-refractivity contribution >= 4 is 18.0 Å². The summed E-state index contributed by atoms with van der Waals surface area (Å²) in [5.41, 5.74) is 3.21. The van der Waals surface area contributed by atoms with E-state index in [0.29, 0.717) is 17.9 Å². The van der Waals surface area contributed by atoms with Crippen LogP contribution in [-0.4, -0.2) is 23.7 Å². The number of hydrogen-bond acceptors (Lipinski definition) is 5. The highest BCUT2D eigenvalue weighted by atomic mass is 16.5. The van der Waals surface area contributed by atoms with Crippen molar-refractivity contribution in [3.05, 3.63) is 90.0 Å². The maximum atomic E-state index is 12.1. The molecule has 5 heteroatoms. The first kappa shape index (κ1) is 19.9. The molecule has 0 aliphatic heterocycles. The number of carbonyl (C=O) groups excluding carboxylic acids is 2. The van der Waals surface area contributed by atoms with Crippen LogP contribution in [0.1, 0.15) is 22.8 Å². The predicted molar refractivity (Wildman–Crippen MR) is 111 cm³/mol. The van der Waals surface area contributed by atoms with E-state index in [9.17, 15) is 14.7 Å². The zero-order valence-corrected chi connectivity index (χ0v) is 15.9. The Bertz CT molecular complexity index is 1000. The number of aromatic hydroxyl groups is 1. The van der Waals surface area contributed by atoms with Crippen LogP contribution in [0.15, 0.2) is 78.9 Å². The van der Waals surface area contributed by atoms with Crippen molar-refractivity contribution in [1.82, 2.24) is 0 Å². The van der Waals surface area contributed by atoms with Crippen molar-refractivity contribution in [2.75, 3.05) is 6.61 Å². The summed E-state index contributed by atoms with van der Waals surface area (Å²) in [6.45, 7) is 2.11. The van der Waals surface area contributed by atoms with Gasteiger partial charge in [-0.15, -0.1) is 0 Å². The summed E-state index contributed by atoms with van der Waals surface area (Å²) in [6, 6.07) is 20.8. The van der Waals surface area contributed by atoms with Gasteiger partial charge in [-0.25, -0.2) is 9.59 Å². The van der Waals surface area contributed by atoms with Crippen molar-refractivity contribution in [1.29, 1.82) is 0 Å². The lowest BCUT2D eigenvalue weighted by molar-refractivity contribution is -0.137. The van der Waals surface area contributed by atoms with Crippen LogP contribution >= 0.6 is 0 Å². The quantitative estimate of drug-likeness (QED) is 0.371. The molecule has 0 aliphatic carbocycles. The number of phenolic OH excluding ortho intramolecular Hbond substituents is 1. The minimum atomic E-state index is -0.490. The van der Waals surface area contributed by atoms with E-state index in [-0.39, 0.29) is 11.7 Å². The van der Waals surface area contributed by atoms with Crippen LogP contribution in [0, 0.1) is 0 Å². The zero-order chi connectivity index (χ0) is 20.6. The maximum Gasteiger partial charge on any atom is 0.343 e. The van der Waals surface area contributed by atoms with Gasteiger partial charge in [0.05, 0.1) is 12.2 Å². The molecule has 0 saturated carbocycles. The Hall–Kier alpha value is -3.86. The summed E-state index contributed by atoms with van der Waals surface area (Å²) < 4.78 is 10.2. The molecule has 0 saturated heterocycles. The van der Waals surface area contributed by atoms with E-state index in [4.69, 9.17) is 9.47 Å². The molecule has 0 bridgehead atoms.